The van der Waals surface area contributed by atoms with Crippen molar-refractivity contribution in [2.75, 3.05) is 13.8 Å². The Kier molecular flexibility index (Phi) is 13.4. The second-order valence-corrected chi connectivity index (χ2v) is 5.52. The minimum Gasteiger partial charge on any atom is -0.376 e. The van der Waals surface area contributed by atoms with Gasteiger partial charge in [0.15, 0.2) is 0 Å². The van der Waals surface area contributed by atoms with E-state index in [2.05, 4.69) is 6.92 Å². The van der Waals surface area contributed by atoms with E-state index in [0.29, 0.717) is 6.42 Å². The highest BCUT2D eigenvalue weighted by molar-refractivity contribution is 5.75. The van der Waals surface area contributed by atoms with E-state index in [-0.39, 0.29) is 12.6 Å². The summed E-state index contributed by atoms with van der Waals surface area (Å²) in [5.74, 6) is 0.0541. The fourth-order valence-corrected chi connectivity index (χ4v) is 2.21. The van der Waals surface area contributed by atoms with Crippen molar-refractivity contribution in [3.8, 4) is 0 Å². The summed E-state index contributed by atoms with van der Waals surface area (Å²) in [7, 11) is 1.64. The van der Waals surface area contributed by atoms with Gasteiger partial charge in [-0.25, -0.2) is 0 Å². The van der Waals surface area contributed by atoms with Gasteiger partial charge >= 0.3 is 0 Å². The molecule has 19 heavy (non-hydrogen) atoms. The molecule has 1 N–H and O–H groups in total. The molecular formula is C16H33NO2. The third-order valence-electron chi connectivity index (χ3n) is 3.63. The standard InChI is InChI=1S/C16H33NO2/c1-3-4-5-6-7-8-9-10-11-12-13-14-16(19)17(2)15-18/h18H,3-15H2,1-2H3. The lowest BCUT2D eigenvalue weighted by molar-refractivity contribution is -0.133. The molecule has 0 aromatic rings. The quantitative estimate of drug-likeness (QED) is 0.405. The first-order valence-electron chi connectivity index (χ1n) is 8.07. The van der Waals surface area contributed by atoms with Gasteiger partial charge in [-0.1, -0.05) is 71.1 Å². The van der Waals surface area contributed by atoms with E-state index in [1.54, 1.807) is 7.05 Å². The summed E-state index contributed by atoms with van der Waals surface area (Å²) in [6.07, 6.45) is 14.8. The van der Waals surface area contributed by atoms with Crippen LogP contribution in [0.15, 0.2) is 0 Å². The third kappa shape index (κ3) is 12.2. The molecule has 0 aliphatic heterocycles. The fourth-order valence-electron chi connectivity index (χ4n) is 2.21. The van der Waals surface area contributed by atoms with E-state index >= 15 is 0 Å². The molecule has 0 saturated heterocycles. The maximum Gasteiger partial charge on any atom is 0.224 e. The van der Waals surface area contributed by atoms with Crippen molar-refractivity contribution in [2.24, 2.45) is 0 Å². The van der Waals surface area contributed by atoms with E-state index in [4.69, 9.17) is 5.11 Å². The fraction of sp³-hybridized carbons (Fsp3) is 0.938. The predicted octanol–water partition coefficient (Wildman–Crippen LogP) is 4.10. The van der Waals surface area contributed by atoms with Crippen molar-refractivity contribution in [3.05, 3.63) is 0 Å². The Hall–Kier alpha value is -0.570. The predicted molar refractivity (Wildman–Crippen MR) is 80.9 cm³/mol. The van der Waals surface area contributed by atoms with E-state index in [9.17, 15) is 4.79 Å². The van der Waals surface area contributed by atoms with Crippen molar-refractivity contribution in [2.45, 2.75) is 84.0 Å². The molecule has 0 aliphatic carbocycles. The number of hydrogen-bond donors (Lipinski definition) is 1. The van der Waals surface area contributed by atoms with Crippen LogP contribution in [0.1, 0.15) is 84.0 Å². The van der Waals surface area contributed by atoms with Crippen LogP contribution in [-0.4, -0.2) is 29.7 Å². The van der Waals surface area contributed by atoms with Crippen molar-refractivity contribution in [3.63, 3.8) is 0 Å². The summed E-state index contributed by atoms with van der Waals surface area (Å²) in [5.41, 5.74) is 0. The Bertz CT molecular complexity index is 207. The first-order chi connectivity index (χ1) is 9.22. The Labute approximate surface area is 119 Å². The van der Waals surface area contributed by atoms with Gasteiger partial charge < -0.3 is 10.0 Å². The van der Waals surface area contributed by atoms with Crippen molar-refractivity contribution < 1.29 is 9.90 Å². The van der Waals surface area contributed by atoms with Crippen LogP contribution in [0.25, 0.3) is 0 Å². The van der Waals surface area contributed by atoms with E-state index < -0.39 is 0 Å². The number of aliphatic hydroxyl groups excluding tert-OH is 1. The van der Waals surface area contributed by atoms with Crippen molar-refractivity contribution in [1.29, 1.82) is 0 Å². The second-order valence-electron chi connectivity index (χ2n) is 5.52. The Morgan fingerprint density at radius 3 is 1.68 bits per heavy atom. The van der Waals surface area contributed by atoms with Crippen LogP contribution in [0.5, 0.6) is 0 Å². The molecule has 1 amide bonds. The van der Waals surface area contributed by atoms with Crippen LogP contribution >= 0.6 is 0 Å². The van der Waals surface area contributed by atoms with Crippen LogP contribution in [0.4, 0.5) is 0 Å². The van der Waals surface area contributed by atoms with Crippen molar-refractivity contribution in [1.82, 2.24) is 4.90 Å². The first kappa shape index (κ1) is 18.4. The molecule has 0 heterocycles. The number of aliphatic hydroxyl groups is 1. The minimum atomic E-state index is -0.170. The smallest absolute Gasteiger partial charge is 0.224 e. The van der Waals surface area contributed by atoms with Gasteiger partial charge in [-0.3, -0.25) is 4.79 Å². The summed E-state index contributed by atoms with van der Waals surface area (Å²) in [4.78, 5) is 12.8. The lowest BCUT2D eigenvalue weighted by atomic mass is 10.1. The SMILES string of the molecule is CCCCCCCCCCCCCC(=O)N(C)CO. The lowest BCUT2D eigenvalue weighted by Crippen LogP contribution is -2.27. The summed E-state index contributed by atoms with van der Waals surface area (Å²) in [5, 5.41) is 8.79. The molecule has 0 aromatic carbocycles. The third-order valence-corrected chi connectivity index (χ3v) is 3.63. The van der Waals surface area contributed by atoms with E-state index in [1.807, 2.05) is 0 Å². The van der Waals surface area contributed by atoms with Crippen LogP contribution < -0.4 is 0 Å². The maximum atomic E-state index is 11.4. The van der Waals surface area contributed by atoms with E-state index in [1.165, 1.54) is 62.7 Å². The number of unbranched alkanes of at least 4 members (excludes halogenated alkanes) is 10. The molecule has 114 valence electrons. The van der Waals surface area contributed by atoms with Gasteiger partial charge in [-0.2, -0.15) is 0 Å². The highest BCUT2D eigenvalue weighted by atomic mass is 16.3. The minimum absolute atomic E-state index is 0.0541. The Morgan fingerprint density at radius 1 is 0.842 bits per heavy atom. The molecule has 0 bridgehead atoms. The number of carbonyl (C=O) groups is 1. The van der Waals surface area contributed by atoms with Crippen LogP contribution in [-0.2, 0) is 4.79 Å². The maximum absolute atomic E-state index is 11.4. The highest BCUT2D eigenvalue weighted by Gasteiger charge is 2.05. The molecule has 0 spiro atoms. The zero-order valence-electron chi connectivity index (χ0n) is 13.0. The number of rotatable bonds is 13. The molecule has 0 saturated carbocycles. The van der Waals surface area contributed by atoms with Gasteiger partial charge in [0.1, 0.15) is 6.73 Å². The molecule has 0 aromatic heterocycles. The van der Waals surface area contributed by atoms with Crippen LogP contribution in [0.2, 0.25) is 0 Å². The molecule has 0 radical (unpaired) electrons. The monoisotopic (exact) mass is 271 g/mol. The molecule has 3 nitrogen and oxygen atoms in total. The van der Waals surface area contributed by atoms with Gasteiger partial charge in [0.2, 0.25) is 5.91 Å². The zero-order chi connectivity index (χ0) is 14.3. The van der Waals surface area contributed by atoms with Gasteiger partial charge in [-0.05, 0) is 6.42 Å². The molecule has 0 unspecified atom stereocenters. The number of nitrogens with zero attached hydrogens (tertiary/aromatic N) is 1. The molecule has 3 heteroatoms. The van der Waals surface area contributed by atoms with E-state index in [0.717, 1.165) is 12.8 Å². The average Bonchev–Trinajstić information content (AvgIpc) is 2.43. The molecule has 0 aliphatic rings. The number of amides is 1. The van der Waals surface area contributed by atoms with Crippen LogP contribution in [0, 0.1) is 0 Å². The highest BCUT2D eigenvalue weighted by Crippen LogP contribution is 2.12. The van der Waals surface area contributed by atoms with Crippen LogP contribution in [0.3, 0.4) is 0 Å². The molecular weight excluding hydrogens is 238 g/mol. The largest absolute Gasteiger partial charge is 0.376 e. The summed E-state index contributed by atoms with van der Waals surface area (Å²) in [6, 6.07) is 0. The average molecular weight is 271 g/mol. The molecule has 0 fully saturated rings. The van der Waals surface area contributed by atoms with Crippen molar-refractivity contribution >= 4 is 5.91 Å². The summed E-state index contributed by atoms with van der Waals surface area (Å²) < 4.78 is 0. The number of carbonyl (C=O) groups excluding carboxylic acids is 1. The van der Waals surface area contributed by atoms with Gasteiger partial charge in [0, 0.05) is 13.5 Å². The van der Waals surface area contributed by atoms with Gasteiger partial charge in [0.25, 0.3) is 0 Å². The Morgan fingerprint density at radius 2 is 1.26 bits per heavy atom. The molecule has 0 atom stereocenters. The molecule has 0 rings (SSSR count). The summed E-state index contributed by atoms with van der Waals surface area (Å²) in [6.45, 7) is 2.08. The lowest BCUT2D eigenvalue weighted by Gasteiger charge is -2.12. The number of hydrogen-bond acceptors (Lipinski definition) is 2. The van der Waals surface area contributed by atoms with Gasteiger partial charge in [0.05, 0.1) is 0 Å². The second kappa shape index (κ2) is 13.9. The van der Waals surface area contributed by atoms with Gasteiger partial charge in [-0.15, -0.1) is 0 Å². The topological polar surface area (TPSA) is 40.5 Å². The first-order valence-corrected chi connectivity index (χ1v) is 8.07. The normalized spacial score (nSPS) is 10.7. The Balaban J connectivity index is 3.13. The zero-order valence-corrected chi connectivity index (χ0v) is 13.0. The summed E-state index contributed by atoms with van der Waals surface area (Å²) >= 11 is 0.